The number of hydrogen-bond acceptors (Lipinski definition) is 3. The van der Waals surface area contributed by atoms with E-state index in [-0.39, 0.29) is 28.7 Å². The van der Waals surface area contributed by atoms with E-state index in [0.717, 1.165) is 6.07 Å². The summed E-state index contributed by atoms with van der Waals surface area (Å²) in [6, 6.07) is 0.949. The van der Waals surface area contributed by atoms with E-state index < -0.39 is 11.9 Å². The molecule has 1 rings (SSSR count). The average molecular weight is 186 g/mol. The second-order valence-electron chi connectivity index (χ2n) is 1.78. The van der Waals surface area contributed by atoms with Crippen LogP contribution in [-0.4, -0.2) is 49.7 Å². The van der Waals surface area contributed by atoms with Gasteiger partial charge in [0.2, 0.25) is 0 Å². The third-order valence-electron chi connectivity index (χ3n) is 1.03. The summed E-state index contributed by atoms with van der Waals surface area (Å²) in [4.78, 5) is 20.3. The molecule has 0 aliphatic heterocycles. The van der Waals surface area contributed by atoms with Crippen molar-refractivity contribution in [1.82, 2.24) is 10.2 Å². The summed E-state index contributed by atoms with van der Waals surface area (Å²) in [5.41, 5.74) is -0.537. The van der Waals surface area contributed by atoms with Gasteiger partial charge in [0.15, 0.2) is 23.1 Å². The maximum atomic E-state index is 10.2. The molecule has 0 saturated heterocycles. The zero-order valence-electron chi connectivity index (χ0n) is 5.24. The van der Waals surface area contributed by atoms with Crippen molar-refractivity contribution in [3.05, 3.63) is 17.5 Å². The van der Waals surface area contributed by atoms with E-state index in [4.69, 9.17) is 10.2 Å². The van der Waals surface area contributed by atoms with Crippen LogP contribution in [0.15, 0.2) is 6.07 Å². The van der Waals surface area contributed by atoms with Crippen LogP contribution in [0, 0.1) is 0 Å². The first kappa shape index (κ1) is 10.7. The van der Waals surface area contributed by atoms with E-state index in [9.17, 15) is 9.59 Å². The van der Waals surface area contributed by atoms with Crippen LogP contribution in [0.3, 0.4) is 0 Å². The molecule has 1 aromatic heterocycles. The summed E-state index contributed by atoms with van der Waals surface area (Å²) in [6.45, 7) is 0. The molecule has 0 saturated carbocycles. The fourth-order valence-corrected chi connectivity index (χ4v) is 0.541. The van der Waals surface area contributed by atoms with E-state index >= 15 is 0 Å². The monoisotopic (exact) mass is 186 g/mol. The van der Waals surface area contributed by atoms with Gasteiger partial charge < -0.3 is 10.2 Å². The number of aromatic carboxylic acids is 2. The van der Waals surface area contributed by atoms with E-state index in [1.54, 1.807) is 0 Å². The van der Waals surface area contributed by atoms with Crippen molar-refractivity contribution in [3.8, 4) is 0 Å². The van der Waals surface area contributed by atoms with Crippen molar-refractivity contribution < 1.29 is 19.8 Å². The van der Waals surface area contributed by atoms with Crippen LogP contribution in [-0.2, 0) is 0 Å². The molecule has 0 aromatic carbocycles. The first-order valence-corrected chi connectivity index (χ1v) is 2.63. The van der Waals surface area contributed by atoms with Crippen LogP contribution in [0.2, 0.25) is 0 Å². The Kier molecular flexibility index (Phi) is 3.47. The Morgan fingerprint density at radius 1 is 1.33 bits per heavy atom. The lowest BCUT2D eigenvalue weighted by Crippen LogP contribution is -1.96. The summed E-state index contributed by atoms with van der Waals surface area (Å²) in [6.07, 6.45) is 0. The number of nitrogens with one attached hydrogen (secondary N) is 1. The average Bonchev–Trinajstić information content (AvgIpc) is 2.33. The van der Waals surface area contributed by atoms with Crippen LogP contribution in [0.25, 0.3) is 0 Å². The standard InChI is InChI=1S/C5H4N2O4.Al.3H/c8-4(9)2-1-3(5(10)11)7-6-2;;;;/h1H,(H,6,7)(H,8,9)(H,10,11);;;;. The highest BCUT2D eigenvalue weighted by Crippen LogP contribution is 1.98. The molecule has 0 atom stereocenters. The highest BCUT2D eigenvalue weighted by molar-refractivity contribution is 5.91. The Labute approximate surface area is 77.3 Å². The lowest BCUT2D eigenvalue weighted by molar-refractivity contribution is 0.0683. The first-order valence-electron chi connectivity index (χ1n) is 2.63. The second-order valence-corrected chi connectivity index (χ2v) is 1.78. The van der Waals surface area contributed by atoms with Gasteiger partial charge in [0.25, 0.3) is 0 Å². The quantitative estimate of drug-likeness (QED) is 0.494. The van der Waals surface area contributed by atoms with Crippen molar-refractivity contribution in [2.24, 2.45) is 0 Å². The lowest BCUT2D eigenvalue weighted by Gasteiger charge is -1.80. The van der Waals surface area contributed by atoms with Gasteiger partial charge >= 0.3 is 11.9 Å². The molecule has 0 amide bonds. The number of H-pyrrole nitrogens is 1. The van der Waals surface area contributed by atoms with E-state index in [2.05, 4.69) is 10.2 Å². The Balaban J connectivity index is 0.00000121. The zero-order chi connectivity index (χ0) is 8.43. The SMILES string of the molecule is O=C(O)c1cc(C(=O)O)[nH]n1.[AlH3]. The highest BCUT2D eigenvalue weighted by atomic mass is 27.0. The minimum absolute atomic E-state index is 0. The predicted molar refractivity (Wildman–Crippen MR) is 42.4 cm³/mol. The third-order valence-corrected chi connectivity index (χ3v) is 1.03. The van der Waals surface area contributed by atoms with Crippen LogP contribution in [0.1, 0.15) is 21.0 Å². The topological polar surface area (TPSA) is 103 Å². The lowest BCUT2D eigenvalue weighted by atomic mass is 10.3. The molecule has 3 N–H and O–H groups in total. The summed E-state index contributed by atoms with van der Waals surface area (Å²) in [7, 11) is 0. The summed E-state index contributed by atoms with van der Waals surface area (Å²) in [5, 5.41) is 21.9. The summed E-state index contributed by atoms with van der Waals surface area (Å²) in [5.74, 6) is -2.49. The molecule has 6 nitrogen and oxygen atoms in total. The van der Waals surface area contributed by atoms with Gasteiger partial charge in [-0.2, -0.15) is 5.10 Å². The van der Waals surface area contributed by atoms with Gasteiger partial charge in [-0.1, -0.05) is 0 Å². The van der Waals surface area contributed by atoms with Crippen molar-refractivity contribution >= 4 is 29.3 Å². The van der Waals surface area contributed by atoms with Gasteiger partial charge in [0.1, 0.15) is 5.69 Å². The Morgan fingerprint density at radius 3 is 2.17 bits per heavy atom. The molecule has 0 radical (unpaired) electrons. The largest absolute Gasteiger partial charge is 0.477 e. The minimum Gasteiger partial charge on any atom is -0.477 e. The first-order chi connectivity index (χ1) is 5.11. The number of carboxylic acid groups (broad SMARTS) is 2. The molecular formula is C5H7AlN2O4. The van der Waals surface area contributed by atoms with Crippen LogP contribution in [0.4, 0.5) is 0 Å². The molecule has 0 unspecified atom stereocenters. The van der Waals surface area contributed by atoms with Gasteiger partial charge in [0, 0.05) is 6.07 Å². The smallest absolute Gasteiger partial charge is 0.356 e. The fraction of sp³-hybridized carbons (Fsp3) is 0. The summed E-state index contributed by atoms with van der Waals surface area (Å²) >= 11 is 0. The number of aromatic nitrogens is 2. The molecule has 0 aliphatic rings. The van der Waals surface area contributed by atoms with Crippen molar-refractivity contribution in [2.75, 3.05) is 0 Å². The maximum absolute atomic E-state index is 10.2. The molecule has 64 valence electrons. The molecule has 0 spiro atoms. The van der Waals surface area contributed by atoms with Crippen LogP contribution in [0.5, 0.6) is 0 Å². The van der Waals surface area contributed by atoms with Crippen LogP contribution < -0.4 is 0 Å². The molecule has 0 bridgehead atoms. The molecular weight excluding hydrogens is 179 g/mol. The number of carbonyl (C=O) groups is 2. The Morgan fingerprint density at radius 2 is 1.92 bits per heavy atom. The Hall–Kier alpha value is -1.32. The molecule has 0 aliphatic carbocycles. The number of aromatic amines is 1. The van der Waals surface area contributed by atoms with Crippen molar-refractivity contribution in [1.29, 1.82) is 0 Å². The molecule has 1 aromatic rings. The van der Waals surface area contributed by atoms with Crippen LogP contribution >= 0.6 is 0 Å². The highest BCUT2D eigenvalue weighted by Gasteiger charge is 2.11. The van der Waals surface area contributed by atoms with Gasteiger partial charge in [-0.15, -0.1) is 0 Å². The number of rotatable bonds is 2. The zero-order valence-corrected chi connectivity index (χ0v) is 5.24. The fourth-order valence-electron chi connectivity index (χ4n) is 0.541. The number of hydrogen-bond donors (Lipinski definition) is 3. The molecule has 7 heteroatoms. The number of carboxylic acids is 2. The normalized spacial score (nSPS) is 8.67. The van der Waals surface area contributed by atoms with Gasteiger partial charge in [-0.05, 0) is 0 Å². The van der Waals surface area contributed by atoms with Gasteiger partial charge in [-0.3, -0.25) is 5.10 Å². The van der Waals surface area contributed by atoms with E-state index in [1.165, 1.54) is 0 Å². The van der Waals surface area contributed by atoms with E-state index in [0.29, 0.717) is 0 Å². The van der Waals surface area contributed by atoms with Gasteiger partial charge in [0.05, 0.1) is 0 Å². The van der Waals surface area contributed by atoms with Gasteiger partial charge in [-0.25, -0.2) is 9.59 Å². The van der Waals surface area contributed by atoms with Crippen molar-refractivity contribution in [3.63, 3.8) is 0 Å². The Bertz CT molecular complexity index is 280. The van der Waals surface area contributed by atoms with Crippen molar-refractivity contribution in [2.45, 2.75) is 0 Å². The minimum atomic E-state index is -1.26. The molecule has 0 fully saturated rings. The maximum Gasteiger partial charge on any atom is 0.356 e. The summed E-state index contributed by atoms with van der Waals surface area (Å²) < 4.78 is 0. The second kappa shape index (κ2) is 3.90. The third kappa shape index (κ3) is 2.08. The molecule has 12 heavy (non-hydrogen) atoms. The van der Waals surface area contributed by atoms with E-state index in [1.807, 2.05) is 0 Å². The molecule has 1 heterocycles. The predicted octanol–water partition coefficient (Wildman–Crippen LogP) is -1.38. The number of nitrogens with zero attached hydrogens (tertiary/aromatic N) is 1.